The number of carbonyl (C=O) groups is 1. The molecule has 1 atom stereocenters. The maximum absolute atomic E-state index is 12.0. The van der Waals surface area contributed by atoms with Gasteiger partial charge in [0.2, 0.25) is 0 Å². The molecule has 4 rings (SSSR count). The van der Waals surface area contributed by atoms with E-state index in [1.54, 1.807) is 19.4 Å². The topological polar surface area (TPSA) is 60.9 Å². The Kier molecular flexibility index (Phi) is 8.28. The maximum atomic E-state index is 12.0. The van der Waals surface area contributed by atoms with Crippen LogP contribution in [0.25, 0.3) is 0 Å². The van der Waals surface area contributed by atoms with Gasteiger partial charge in [0.1, 0.15) is 11.9 Å². The van der Waals surface area contributed by atoms with Crippen molar-refractivity contribution in [1.29, 1.82) is 0 Å². The number of nitrogens with zero attached hydrogens (tertiary/aromatic N) is 2. The van der Waals surface area contributed by atoms with Crippen LogP contribution in [-0.4, -0.2) is 48.8 Å². The minimum absolute atomic E-state index is 0.119. The van der Waals surface area contributed by atoms with Crippen molar-refractivity contribution in [2.45, 2.75) is 38.5 Å². The first-order valence-electron chi connectivity index (χ1n) is 11.8. The fourth-order valence-corrected chi connectivity index (χ4v) is 4.29. The van der Waals surface area contributed by atoms with Crippen LogP contribution in [0.1, 0.15) is 53.0 Å². The van der Waals surface area contributed by atoms with Crippen LogP contribution >= 0.6 is 0 Å². The third-order valence-electron chi connectivity index (χ3n) is 6.10. The summed E-state index contributed by atoms with van der Waals surface area (Å²) in [6.07, 6.45) is 3.61. The van der Waals surface area contributed by atoms with Crippen LogP contribution < -0.4 is 4.74 Å². The standard InChI is InChI=1S/C28H32N2O4/c1-3-33-28(31)23-13-16-29-24(19-23)20-30-17-14-26(15-18-30)34-27(21-7-5-4-6-8-21)22-9-11-25(32-2)12-10-22/h4-13,16,19,26-27H,3,14-15,17-18,20H2,1-2H3. The van der Waals surface area contributed by atoms with Gasteiger partial charge in [0.05, 0.1) is 31.1 Å². The highest BCUT2D eigenvalue weighted by Gasteiger charge is 2.25. The monoisotopic (exact) mass is 460 g/mol. The highest BCUT2D eigenvalue weighted by Crippen LogP contribution is 2.31. The molecule has 0 bridgehead atoms. The summed E-state index contributed by atoms with van der Waals surface area (Å²) in [5, 5.41) is 0. The first-order chi connectivity index (χ1) is 16.7. The molecule has 1 unspecified atom stereocenters. The van der Waals surface area contributed by atoms with Crippen molar-refractivity contribution in [2.75, 3.05) is 26.8 Å². The van der Waals surface area contributed by atoms with Gasteiger partial charge in [0.25, 0.3) is 0 Å². The summed E-state index contributed by atoms with van der Waals surface area (Å²) < 4.78 is 17.1. The highest BCUT2D eigenvalue weighted by molar-refractivity contribution is 5.89. The van der Waals surface area contributed by atoms with E-state index in [4.69, 9.17) is 14.2 Å². The van der Waals surface area contributed by atoms with Crippen LogP contribution in [0.4, 0.5) is 0 Å². The Hall–Kier alpha value is -3.22. The SMILES string of the molecule is CCOC(=O)c1ccnc(CN2CCC(OC(c3ccccc3)c3ccc(OC)cc3)CC2)c1. The van der Waals surface area contributed by atoms with Gasteiger partial charge in [0, 0.05) is 25.8 Å². The predicted molar refractivity (Wildman–Crippen MR) is 131 cm³/mol. The Morgan fingerprint density at radius 2 is 1.74 bits per heavy atom. The zero-order valence-corrected chi connectivity index (χ0v) is 19.9. The summed E-state index contributed by atoms with van der Waals surface area (Å²) in [4.78, 5) is 18.8. The van der Waals surface area contributed by atoms with Gasteiger partial charge in [-0.2, -0.15) is 0 Å². The van der Waals surface area contributed by atoms with E-state index < -0.39 is 0 Å². The zero-order valence-electron chi connectivity index (χ0n) is 19.9. The summed E-state index contributed by atoms with van der Waals surface area (Å²) in [5.74, 6) is 0.535. The second-order valence-corrected chi connectivity index (χ2v) is 8.43. The molecule has 0 radical (unpaired) electrons. The number of ether oxygens (including phenoxy) is 3. The van der Waals surface area contributed by atoms with Crippen LogP contribution in [0, 0.1) is 0 Å². The number of rotatable bonds is 9. The Labute approximate surface area is 201 Å². The molecular formula is C28H32N2O4. The fourth-order valence-electron chi connectivity index (χ4n) is 4.29. The van der Waals surface area contributed by atoms with Gasteiger partial charge in [0.15, 0.2) is 0 Å². The first kappa shape index (κ1) is 23.9. The number of piperidine rings is 1. The smallest absolute Gasteiger partial charge is 0.338 e. The van der Waals surface area contributed by atoms with Gasteiger partial charge < -0.3 is 14.2 Å². The zero-order chi connectivity index (χ0) is 23.8. The normalized spacial score (nSPS) is 15.6. The van der Waals surface area contributed by atoms with E-state index in [0.717, 1.165) is 48.5 Å². The van der Waals surface area contributed by atoms with E-state index in [2.05, 4.69) is 46.3 Å². The molecule has 2 aromatic carbocycles. The van der Waals surface area contributed by atoms with E-state index in [1.807, 2.05) is 31.2 Å². The van der Waals surface area contributed by atoms with Crippen LogP contribution in [0.5, 0.6) is 5.75 Å². The number of hydrogen-bond donors (Lipinski definition) is 0. The van der Waals surface area contributed by atoms with E-state index in [0.29, 0.717) is 18.7 Å². The molecule has 3 aromatic rings. The molecule has 0 saturated carbocycles. The molecule has 1 aliphatic heterocycles. The third-order valence-corrected chi connectivity index (χ3v) is 6.10. The van der Waals surface area contributed by atoms with Crippen LogP contribution in [0.15, 0.2) is 72.9 Å². The second kappa shape index (κ2) is 11.8. The summed E-state index contributed by atoms with van der Waals surface area (Å²) in [5.41, 5.74) is 3.70. The average Bonchev–Trinajstić information content (AvgIpc) is 2.89. The molecule has 1 aliphatic rings. The van der Waals surface area contributed by atoms with Crippen molar-refractivity contribution in [3.63, 3.8) is 0 Å². The highest BCUT2D eigenvalue weighted by atomic mass is 16.5. The molecule has 0 N–H and O–H groups in total. The lowest BCUT2D eigenvalue weighted by atomic mass is 10.00. The molecule has 6 nitrogen and oxygen atoms in total. The molecule has 0 spiro atoms. The van der Waals surface area contributed by atoms with Crippen molar-refractivity contribution in [3.8, 4) is 5.75 Å². The molecule has 6 heteroatoms. The van der Waals surface area contributed by atoms with Gasteiger partial charge >= 0.3 is 5.97 Å². The molecule has 34 heavy (non-hydrogen) atoms. The molecule has 1 fully saturated rings. The van der Waals surface area contributed by atoms with E-state index >= 15 is 0 Å². The van der Waals surface area contributed by atoms with Crippen molar-refractivity contribution >= 4 is 5.97 Å². The number of aromatic nitrogens is 1. The number of esters is 1. The van der Waals surface area contributed by atoms with Crippen LogP contribution in [-0.2, 0) is 16.0 Å². The van der Waals surface area contributed by atoms with Gasteiger partial charge in [-0.1, -0.05) is 42.5 Å². The minimum Gasteiger partial charge on any atom is -0.497 e. The lowest BCUT2D eigenvalue weighted by Gasteiger charge is -2.34. The lowest BCUT2D eigenvalue weighted by molar-refractivity contribution is -0.0283. The van der Waals surface area contributed by atoms with Crippen molar-refractivity contribution in [3.05, 3.63) is 95.3 Å². The number of hydrogen-bond acceptors (Lipinski definition) is 6. The number of benzene rings is 2. The van der Waals surface area contributed by atoms with Gasteiger partial charge in [-0.05, 0) is 55.2 Å². The number of pyridine rings is 1. The van der Waals surface area contributed by atoms with Gasteiger partial charge in [-0.15, -0.1) is 0 Å². The Morgan fingerprint density at radius 3 is 2.41 bits per heavy atom. The first-order valence-corrected chi connectivity index (χ1v) is 11.8. The Morgan fingerprint density at radius 1 is 1.03 bits per heavy atom. The van der Waals surface area contributed by atoms with Gasteiger partial charge in [-0.25, -0.2) is 4.79 Å². The van der Waals surface area contributed by atoms with Crippen molar-refractivity contribution in [1.82, 2.24) is 9.88 Å². The van der Waals surface area contributed by atoms with E-state index in [-0.39, 0.29) is 18.2 Å². The Balaban J connectivity index is 1.38. The molecule has 0 aliphatic carbocycles. The maximum Gasteiger partial charge on any atom is 0.338 e. The van der Waals surface area contributed by atoms with Crippen LogP contribution in [0.2, 0.25) is 0 Å². The number of methoxy groups -OCH3 is 1. The molecule has 1 saturated heterocycles. The van der Waals surface area contributed by atoms with Gasteiger partial charge in [-0.3, -0.25) is 9.88 Å². The quantitative estimate of drug-likeness (QED) is 0.417. The molecular weight excluding hydrogens is 428 g/mol. The minimum atomic E-state index is -0.302. The predicted octanol–water partition coefficient (Wildman–Crippen LogP) is 5.04. The second-order valence-electron chi connectivity index (χ2n) is 8.43. The molecule has 0 amide bonds. The summed E-state index contributed by atoms with van der Waals surface area (Å²) >= 11 is 0. The number of likely N-dealkylation sites (tertiary alicyclic amines) is 1. The number of carbonyl (C=O) groups excluding carboxylic acids is 1. The third kappa shape index (κ3) is 6.22. The summed E-state index contributed by atoms with van der Waals surface area (Å²) in [7, 11) is 1.68. The van der Waals surface area contributed by atoms with Crippen molar-refractivity contribution in [2.24, 2.45) is 0 Å². The molecule has 2 heterocycles. The summed E-state index contributed by atoms with van der Waals surface area (Å²) in [6, 6.07) is 22.0. The lowest BCUT2D eigenvalue weighted by Crippen LogP contribution is -2.37. The largest absolute Gasteiger partial charge is 0.497 e. The average molecular weight is 461 g/mol. The van der Waals surface area contributed by atoms with E-state index in [9.17, 15) is 4.79 Å². The molecule has 178 valence electrons. The fraction of sp³-hybridized carbons (Fsp3) is 0.357. The van der Waals surface area contributed by atoms with E-state index in [1.165, 1.54) is 0 Å². The van der Waals surface area contributed by atoms with Crippen molar-refractivity contribution < 1.29 is 19.0 Å². The molecule has 1 aromatic heterocycles. The van der Waals surface area contributed by atoms with Crippen LogP contribution in [0.3, 0.4) is 0 Å². The summed E-state index contributed by atoms with van der Waals surface area (Å²) in [6.45, 7) is 4.72. The Bertz CT molecular complexity index is 1050.